The number of thiophene rings is 1. The molecular weight excluding hydrogens is 320 g/mol. The molecular formula is C16H17ClN2O2S. The Morgan fingerprint density at radius 3 is 2.73 bits per heavy atom. The molecule has 2 aromatic rings. The molecule has 116 valence electrons. The minimum absolute atomic E-state index is 0.0210. The normalized spacial score (nSPS) is 27.0. The first-order valence-electron chi connectivity index (χ1n) is 7.58. The molecule has 0 aliphatic carbocycles. The van der Waals surface area contributed by atoms with Gasteiger partial charge < -0.3 is 14.6 Å². The van der Waals surface area contributed by atoms with E-state index in [-0.39, 0.29) is 5.91 Å². The number of piperidine rings is 3. The highest BCUT2D eigenvalue weighted by molar-refractivity contribution is 7.17. The standard InChI is InChI=1S/C16H17ClN2O2S/c17-15-4-1-12(21-15)13-2-3-14(22-13)16(20)18-11-9-19-7-5-10(11)6-8-19/h1-4,10-11H,5-9H2,(H,18,20)/t11-/m0/s1. The van der Waals surface area contributed by atoms with Gasteiger partial charge in [0.1, 0.15) is 5.76 Å². The summed E-state index contributed by atoms with van der Waals surface area (Å²) in [5, 5.41) is 3.57. The van der Waals surface area contributed by atoms with E-state index in [0.717, 1.165) is 16.3 Å². The Balaban J connectivity index is 1.46. The third kappa shape index (κ3) is 2.69. The fraction of sp³-hybridized carbons (Fsp3) is 0.438. The maximum absolute atomic E-state index is 12.5. The van der Waals surface area contributed by atoms with Gasteiger partial charge in [-0.1, -0.05) is 0 Å². The van der Waals surface area contributed by atoms with E-state index < -0.39 is 0 Å². The molecule has 0 unspecified atom stereocenters. The summed E-state index contributed by atoms with van der Waals surface area (Å²) in [6, 6.07) is 7.59. The second-order valence-electron chi connectivity index (χ2n) is 5.99. The molecule has 0 saturated carbocycles. The molecule has 0 spiro atoms. The average molecular weight is 337 g/mol. The van der Waals surface area contributed by atoms with Gasteiger partial charge in [0.25, 0.3) is 5.91 Å². The van der Waals surface area contributed by atoms with E-state index in [1.165, 1.54) is 37.3 Å². The fourth-order valence-corrected chi connectivity index (χ4v) is 4.42. The highest BCUT2D eigenvalue weighted by atomic mass is 35.5. The molecule has 22 heavy (non-hydrogen) atoms. The molecule has 5 heterocycles. The van der Waals surface area contributed by atoms with Crippen LogP contribution in [0.4, 0.5) is 0 Å². The van der Waals surface area contributed by atoms with Crippen LogP contribution in [0.5, 0.6) is 0 Å². The monoisotopic (exact) mass is 336 g/mol. The van der Waals surface area contributed by atoms with Gasteiger partial charge in [0.2, 0.25) is 0 Å². The Morgan fingerprint density at radius 2 is 2.09 bits per heavy atom. The number of amides is 1. The van der Waals surface area contributed by atoms with Crippen molar-refractivity contribution >= 4 is 28.8 Å². The number of hydrogen-bond acceptors (Lipinski definition) is 4. The number of hydrogen-bond donors (Lipinski definition) is 1. The average Bonchev–Trinajstić information content (AvgIpc) is 3.17. The molecule has 5 rings (SSSR count). The number of carbonyl (C=O) groups is 1. The van der Waals surface area contributed by atoms with Crippen LogP contribution in [0.3, 0.4) is 0 Å². The van der Waals surface area contributed by atoms with Gasteiger partial charge in [0, 0.05) is 12.6 Å². The van der Waals surface area contributed by atoms with Crippen molar-refractivity contribution in [3.8, 4) is 10.6 Å². The van der Waals surface area contributed by atoms with E-state index >= 15 is 0 Å². The van der Waals surface area contributed by atoms with Crippen molar-refractivity contribution in [2.45, 2.75) is 18.9 Å². The molecule has 3 saturated heterocycles. The van der Waals surface area contributed by atoms with E-state index in [0.29, 0.717) is 22.9 Å². The quantitative estimate of drug-likeness (QED) is 0.933. The first-order chi connectivity index (χ1) is 10.7. The van der Waals surface area contributed by atoms with Gasteiger partial charge in [-0.05, 0) is 67.7 Å². The zero-order valence-electron chi connectivity index (χ0n) is 12.0. The van der Waals surface area contributed by atoms with Gasteiger partial charge in [-0.15, -0.1) is 11.3 Å². The van der Waals surface area contributed by atoms with Gasteiger partial charge >= 0.3 is 0 Å². The topological polar surface area (TPSA) is 45.5 Å². The molecule has 4 nitrogen and oxygen atoms in total. The van der Waals surface area contributed by atoms with Crippen molar-refractivity contribution in [2.75, 3.05) is 19.6 Å². The van der Waals surface area contributed by atoms with Crippen LogP contribution in [0, 0.1) is 5.92 Å². The lowest BCUT2D eigenvalue weighted by molar-refractivity contribution is 0.0622. The summed E-state index contributed by atoms with van der Waals surface area (Å²) in [5.74, 6) is 1.36. The lowest BCUT2D eigenvalue weighted by Crippen LogP contribution is -2.57. The smallest absolute Gasteiger partial charge is 0.261 e. The van der Waals surface area contributed by atoms with Crippen LogP contribution < -0.4 is 5.32 Å². The maximum Gasteiger partial charge on any atom is 0.261 e. The summed E-state index contributed by atoms with van der Waals surface area (Å²) in [7, 11) is 0. The second kappa shape index (κ2) is 5.72. The van der Waals surface area contributed by atoms with Crippen LogP contribution in [0.25, 0.3) is 10.6 Å². The van der Waals surface area contributed by atoms with Gasteiger partial charge in [0.15, 0.2) is 5.22 Å². The van der Waals surface area contributed by atoms with Gasteiger partial charge in [-0.25, -0.2) is 0 Å². The molecule has 3 aliphatic heterocycles. The van der Waals surface area contributed by atoms with Crippen LogP contribution in [-0.2, 0) is 0 Å². The van der Waals surface area contributed by atoms with Gasteiger partial charge in [-0.3, -0.25) is 4.79 Å². The summed E-state index contributed by atoms with van der Waals surface area (Å²) < 4.78 is 5.39. The summed E-state index contributed by atoms with van der Waals surface area (Å²) in [6.07, 6.45) is 2.40. The van der Waals surface area contributed by atoms with Crippen LogP contribution in [0.2, 0.25) is 5.22 Å². The van der Waals surface area contributed by atoms with Crippen molar-refractivity contribution in [1.29, 1.82) is 0 Å². The maximum atomic E-state index is 12.5. The molecule has 6 heteroatoms. The number of nitrogens with zero attached hydrogens (tertiary/aromatic N) is 1. The van der Waals surface area contributed by atoms with E-state index in [9.17, 15) is 4.79 Å². The summed E-state index contributed by atoms with van der Waals surface area (Å²) in [4.78, 5) is 16.5. The molecule has 0 radical (unpaired) electrons. The Bertz CT molecular complexity index is 688. The highest BCUT2D eigenvalue weighted by Crippen LogP contribution is 2.32. The number of nitrogens with one attached hydrogen (secondary N) is 1. The molecule has 3 aliphatic rings. The number of carbonyl (C=O) groups excluding carboxylic acids is 1. The molecule has 2 bridgehead atoms. The molecule has 3 fully saturated rings. The number of fused-ring (bicyclic) bond motifs is 3. The zero-order chi connectivity index (χ0) is 15.1. The van der Waals surface area contributed by atoms with Crippen LogP contribution >= 0.6 is 22.9 Å². The first-order valence-corrected chi connectivity index (χ1v) is 8.77. The summed E-state index contributed by atoms with van der Waals surface area (Å²) in [6.45, 7) is 3.35. The largest absolute Gasteiger partial charge is 0.444 e. The van der Waals surface area contributed by atoms with Crippen molar-refractivity contribution in [3.63, 3.8) is 0 Å². The van der Waals surface area contributed by atoms with Crippen molar-refractivity contribution in [2.24, 2.45) is 5.92 Å². The Hall–Kier alpha value is -1.30. The Kier molecular flexibility index (Phi) is 3.72. The SMILES string of the molecule is O=C(N[C@H]1CN2CCC1CC2)c1ccc(-c2ccc(Cl)o2)s1. The molecule has 0 aromatic carbocycles. The molecule has 1 amide bonds. The zero-order valence-corrected chi connectivity index (χ0v) is 13.6. The van der Waals surface area contributed by atoms with E-state index in [2.05, 4.69) is 10.2 Å². The first kappa shape index (κ1) is 14.3. The van der Waals surface area contributed by atoms with Gasteiger partial charge in [-0.2, -0.15) is 0 Å². The molecule has 1 atom stereocenters. The van der Waals surface area contributed by atoms with E-state index in [1.54, 1.807) is 6.07 Å². The van der Waals surface area contributed by atoms with Crippen molar-refractivity contribution in [3.05, 3.63) is 34.4 Å². The predicted octanol–water partition coefficient (Wildman–Crippen LogP) is 3.49. The minimum Gasteiger partial charge on any atom is -0.444 e. The lowest BCUT2D eigenvalue weighted by atomic mass is 9.84. The number of rotatable bonds is 3. The second-order valence-corrected chi connectivity index (χ2v) is 7.44. The minimum atomic E-state index is 0.0210. The third-order valence-electron chi connectivity index (χ3n) is 4.62. The lowest BCUT2D eigenvalue weighted by Gasteiger charge is -2.44. The molecule has 2 aromatic heterocycles. The van der Waals surface area contributed by atoms with Gasteiger partial charge in [0.05, 0.1) is 9.75 Å². The van der Waals surface area contributed by atoms with Crippen LogP contribution in [0.1, 0.15) is 22.5 Å². The number of furan rings is 1. The third-order valence-corrected chi connectivity index (χ3v) is 5.92. The predicted molar refractivity (Wildman–Crippen MR) is 87.4 cm³/mol. The highest BCUT2D eigenvalue weighted by Gasteiger charge is 2.35. The van der Waals surface area contributed by atoms with Crippen LogP contribution in [0.15, 0.2) is 28.7 Å². The van der Waals surface area contributed by atoms with Crippen molar-refractivity contribution < 1.29 is 9.21 Å². The summed E-state index contributed by atoms with van der Waals surface area (Å²) in [5.41, 5.74) is 0. The Labute approximate surface area is 138 Å². The van der Waals surface area contributed by atoms with Crippen LogP contribution in [-0.4, -0.2) is 36.5 Å². The number of halogens is 1. The van der Waals surface area contributed by atoms with Crippen molar-refractivity contribution in [1.82, 2.24) is 10.2 Å². The van der Waals surface area contributed by atoms with E-state index in [1.807, 2.05) is 18.2 Å². The fourth-order valence-electron chi connectivity index (χ4n) is 3.41. The summed E-state index contributed by atoms with van der Waals surface area (Å²) >= 11 is 7.24. The Morgan fingerprint density at radius 1 is 1.27 bits per heavy atom. The molecule has 1 N–H and O–H groups in total. The van der Waals surface area contributed by atoms with E-state index in [4.69, 9.17) is 16.0 Å².